The van der Waals surface area contributed by atoms with Crippen LogP contribution in [0, 0.1) is 17.8 Å². The van der Waals surface area contributed by atoms with Gasteiger partial charge in [-0.3, -0.25) is 0 Å². The third-order valence-electron chi connectivity index (χ3n) is 3.36. The van der Waals surface area contributed by atoms with Gasteiger partial charge in [-0.1, -0.05) is 19.3 Å². The molecule has 0 aromatic carbocycles. The highest BCUT2D eigenvalue weighted by molar-refractivity contribution is 4.86. The monoisotopic (exact) mass is 140 g/mol. The number of aliphatic hydroxyl groups is 1. The minimum Gasteiger partial charge on any atom is -0.396 e. The lowest BCUT2D eigenvalue weighted by molar-refractivity contribution is 0.190. The fraction of sp³-hybridized carbons (Fsp3) is 1.00. The Kier molecular flexibility index (Phi) is 1.69. The Morgan fingerprint density at radius 2 is 2.10 bits per heavy atom. The van der Waals surface area contributed by atoms with Crippen molar-refractivity contribution in [1.82, 2.24) is 0 Å². The summed E-state index contributed by atoms with van der Waals surface area (Å²) < 4.78 is 0. The predicted molar refractivity (Wildman–Crippen MR) is 40.6 cm³/mol. The molecule has 58 valence electrons. The standard InChI is InChI=1S/C9H16O/c10-6-9-5-7-2-1-3-8(9)4-7/h7-10H,1-6H2/t7-,8+,9-/m0/s1. The fourth-order valence-electron chi connectivity index (χ4n) is 2.82. The van der Waals surface area contributed by atoms with Crippen LogP contribution in [0.25, 0.3) is 0 Å². The van der Waals surface area contributed by atoms with Crippen LogP contribution < -0.4 is 0 Å². The Morgan fingerprint density at radius 1 is 1.20 bits per heavy atom. The van der Waals surface area contributed by atoms with Gasteiger partial charge in [0.25, 0.3) is 0 Å². The first kappa shape index (κ1) is 6.66. The highest BCUT2D eigenvalue weighted by Crippen LogP contribution is 2.45. The van der Waals surface area contributed by atoms with E-state index >= 15 is 0 Å². The van der Waals surface area contributed by atoms with E-state index in [0.717, 1.165) is 11.8 Å². The van der Waals surface area contributed by atoms with Gasteiger partial charge in [-0.15, -0.1) is 0 Å². The molecule has 0 radical (unpaired) electrons. The lowest BCUT2D eigenvalue weighted by Gasteiger charge is -2.19. The highest BCUT2D eigenvalue weighted by Gasteiger charge is 2.35. The van der Waals surface area contributed by atoms with Crippen molar-refractivity contribution in [3.05, 3.63) is 0 Å². The van der Waals surface area contributed by atoms with Crippen LogP contribution in [-0.2, 0) is 0 Å². The molecular weight excluding hydrogens is 124 g/mol. The maximum absolute atomic E-state index is 9.01. The third kappa shape index (κ3) is 0.968. The zero-order chi connectivity index (χ0) is 6.97. The summed E-state index contributed by atoms with van der Waals surface area (Å²) in [5.74, 6) is 2.55. The van der Waals surface area contributed by atoms with Crippen LogP contribution in [0.1, 0.15) is 32.1 Å². The van der Waals surface area contributed by atoms with Gasteiger partial charge in [0.15, 0.2) is 0 Å². The second-order valence-electron chi connectivity index (χ2n) is 3.97. The van der Waals surface area contributed by atoms with Crippen LogP contribution in [0.4, 0.5) is 0 Å². The summed E-state index contributed by atoms with van der Waals surface area (Å²) in [6.07, 6.45) is 6.99. The van der Waals surface area contributed by atoms with Crippen LogP contribution in [-0.4, -0.2) is 11.7 Å². The molecule has 2 rings (SSSR count). The summed E-state index contributed by atoms with van der Waals surface area (Å²) >= 11 is 0. The topological polar surface area (TPSA) is 20.2 Å². The summed E-state index contributed by atoms with van der Waals surface area (Å²) in [7, 11) is 0. The fourth-order valence-corrected chi connectivity index (χ4v) is 2.82. The summed E-state index contributed by atoms with van der Waals surface area (Å²) in [6, 6.07) is 0. The summed E-state index contributed by atoms with van der Waals surface area (Å²) in [5.41, 5.74) is 0. The molecule has 2 aliphatic rings. The normalized spacial score (nSPS) is 45.9. The Balaban J connectivity index is 2.01. The van der Waals surface area contributed by atoms with Crippen molar-refractivity contribution in [2.45, 2.75) is 32.1 Å². The van der Waals surface area contributed by atoms with E-state index in [1.807, 2.05) is 0 Å². The van der Waals surface area contributed by atoms with E-state index in [1.54, 1.807) is 0 Å². The molecule has 0 heterocycles. The zero-order valence-corrected chi connectivity index (χ0v) is 6.42. The van der Waals surface area contributed by atoms with Crippen LogP contribution in [0.5, 0.6) is 0 Å². The van der Waals surface area contributed by atoms with E-state index in [0.29, 0.717) is 12.5 Å². The summed E-state index contributed by atoms with van der Waals surface area (Å²) in [6.45, 7) is 0.446. The summed E-state index contributed by atoms with van der Waals surface area (Å²) in [4.78, 5) is 0. The Bertz CT molecular complexity index is 122. The molecular formula is C9H16O. The molecule has 0 spiro atoms. The average molecular weight is 140 g/mol. The maximum Gasteiger partial charge on any atom is 0.0462 e. The van der Waals surface area contributed by atoms with Crippen LogP contribution >= 0.6 is 0 Å². The van der Waals surface area contributed by atoms with Crippen molar-refractivity contribution in [1.29, 1.82) is 0 Å². The third-order valence-corrected chi connectivity index (χ3v) is 3.36. The van der Waals surface area contributed by atoms with Crippen LogP contribution in [0.15, 0.2) is 0 Å². The number of fused-ring (bicyclic) bond motifs is 2. The summed E-state index contributed by atoms with van der Waals surface area (Å²) in [5, 5.41) is 9.01. The van der Waals surface area contributed by atoms with Crippen molar-refractivity contribution >= 4 is 0 Å². The molecule has 1 N–H and O–H groups in total. The molecule has 0 aromatic rings. The van der Waals surface area contributed by atoms with E-state index in [9.17, 15) is 0 Å². The number of hydrogen-bond acceptors (Lipinski definition) is 1. The van der Waals surface area contributed by atoms with Gasteiger partial charge in [0, 0.05) is 6.61 Å². The van der Waals surface area contributed by atoms with Gasteiger partial charge in [-0.2, -0.15) is 0 Å². The molecule has 0 unspecified atom stereocenters. The SMILES string of the molecule is OC[C@@H]1C[C@H]2CCC[C@@H]1C2. The predicted octanol–water partition coefficient (Wildman–Crippen LogP) is 1.80. The highest BCUT2D eigenvalue weighted by atomic mass is 16.3. The first-order valence-corrected chi connectivity index (χ1v) is 4.51. The lowest BCUT2D eigenvalue weighted by atomic mass is 9.87. The first-order valence-electron chi connectivity index (χ1n) is 4.51. The maximum atomic E-state index is 9.01. The van der Waals surface area contributed by atoms with Crippen molar-refractivity contribution in [2.75, 3.05) is 6.61 Å². The van der Waals surface area contributed by atoms with Crippen molar-refractivity contribution in [2.24, 2.45) is 17.8 Å². The molecule has 3 atom stereocenters. The van der Waals surface area contributed by atoms with Crippen molar-refractivity contribution in [3.63, 3.8) is 0 Å². The van der Waals surface area contributed by atoms with Gasteiger partial charge in [0.1, 0.15) is 0 Å². The zero-order valence-electron chi connectivity index (χ0n) is 6.42. The van der Waals surface area contributed by atoms with E-state index in [1.165, 1.54) is 32.1 Å². The molecule has 0 amide bonds. The Hall–Kier alpha value is -0.0400. The molecule has 0 saturated heterocycles. The number of aliphatic hydroxyl groups excluding tert-OH is 1. The number of rotatable bonds is 1. The van der Waals surface area contributed by atoms with Crippen molar-refractivity contribution < 1.29 is 5.11 Å². The lowest BCUT2D eigenvalue weighted by Crippen LogP contribution is -2.12. The molecule has 2 aliphatic carbocycles. The molecule has 2 saturated carbocycles. The smallest absolute Gasteiger partial charge is 0.0462 e. The molecule has 0 aromatic heterocycles. The first-order chi connectivity index (χ1) is 4.90. The van der Waals surface area contributed by atoms with Gasteiger partial charge < -0.3 is 5.11 Å². The van der Waals surface area contributed by atoms with E-state index < -0.39 is 0 Å². The van der Waals surface area contributed by atoms with Crippen LogP contribution in [0.3, 0.4) is 0 Å². The molecule has 2 bridgehead atoms. The van der Waals surface area contributed by atoms with Crippen LogP contribution in [0.2, 0.25) is 0 Å². The van der Waals surface area contributed by atoms with Gasteiger partial charge in [-0.25, -0.2) is 0 Å². The largest absolute Gasteiger partial charge is 0.396 e. The molecule has 1 heteroatoms. The van der Waals surface area contributed by atoms with E-state index in [-0.39, 0.29) is 0 Å². The Morgan fingerprint density at radius 3 is 2.80 bits per heavy atom. The van der Waals surface area contributed by atoms with E-state index in [4.69, 9.17) is 5.11 Å². The minimum atomic E-state index is 0.446. The molecule has 2 fully saturated rings. The minimum absolute atomic E-state index is 0.446. The average Bonchev–Trinajstić information content (AvgIpc) is 2.26. The quantitative estimate of drug-likeness (QED) is 0.589. The molecule has 10 heavy (non-hydrogen) atoms. The van der Waals surface area contributed by atoms with E-state index in [2.05, 4.69) is 0 Å². The van der Waals surface area contributed by atoms with Gasteiger partial charge in [0.2, 0.25) is 0 Å². The van der Waals surface area contributed by atoms with Gasteiger partial charge in [0.05, 0.1) is 0 Å². The second-order valence-corrected chi connectivity index (χ2v) is 3.97. The number of hydrogen-bond donors (Lipinski definition) is 1. The Labute approximate surface area is 62.4 Å². The van der Waals surface area contributed by atoms with Crippen molar-refractivity contribution in [3.8, 4) is 0 Å². The molecule has 1 nitrogen and oxygen atoms in total. The second kappa shape index (κ2) is 2.54. The van der Waals surface area contributed by atoms with Gasteiger partial charge in [-0.05, 0) is 30.6 Å². The van der Waals surface area contributed by atoms with Gasteiger partial charge >= 0.3 is 0 Å². The molecule has 0 aliphatic heterocycles.